The fraction of sp³-hybridized carbons (Fsp3) is 0.235. The lowest BCUT2D eigenvalue weighted by Crippen LogP contribution is -2.50. The van der Waals surface area contributed by atoms with Crippen LogP contribution >= 0.6 is 0 Å². The van der Waals surface area contributed by atoms with Crippen molar-refractivity contribution in [3.05, 3.63) is 47.8 Å². The van der Waals surface area contributed by atoms with Crippen molar-refractivity contribution in [1.29, 1.82) is 0 Å². The molecule has 10 nitrogen and oxygen atoms in total. The average Bonchev–Trinajstić information content (AvgIpc) is 2.66. The first-order valence-corrected chi connectivity index (χ1v) is 10.0. The van der Waals surface area contributed by atoms with Gasteiger partial charge in [0, 0.05) is 6.42 Å². The van der Waals surface area contributed by atoms with Crippen LogP contribution in [0.3, 0.4) is 0 Å². The Morgan fingerprint density at radius 1 is 1.16 bits per heavy atom. The molecule has 0 radical (unpaired) electrons. The number of aromatic nitrogens is 1. The molecule has 1 aliphatic rings. The number of hydrogen-bond donors (Lipinski definition) is 4. The first-order valence-electron chi connectivity index (χ1n) is 8.56. The van der Waals surface area contributed by atoms with Crippen molar-refractivity contribution >= 4 is 33.6 Å². The van der Waals surface area contributed by atoms with E-state index in [4.69, 9.17) is 10.2 Å². The van der Waals surface area contributed by atoms with Crippen LogP contribution in [0.5, 0.6) is 0 Å². The minimum atomic E-state index is -4.78. The van der Waals surface area contributed by atoms with Gasteiger partial charge in [0.2, 0.25) is 0 Å². The molecular formula is C17H15F3N4O6S. The second-order valence-corrected chi connectivity index (χ2v) is 8.39. The number of fused-ring (bicyclic) bond motifs is 1. The monoisotopic (exact) mass is 460 g/mol. The van der Waals surface area contributed by atoms with Gasteiger partial charge in [-0.3, -0.25) is 14.6 Å². The van der Waals surface area contributed by atoms with Gasteiger partial charge in [-0.1, -0.05) is 6.07 Å². The summed E-state index contributed by atoms with van der Waals surface area (Å²) in [6.07, 6.45) is -6.53. The molecule has 2 aromatic rings. The molecule has 2 heterocycles. The number of anilines is 2. The number of alkyl halides is 3. The highest BCUT2D eigenvalue weighted by Crippen LogP contribution is 2.35. The predicted molar refractivity (Wildman–Crippen MR) is 101 cm³/mol. The maximum Gasteiger partial charge on any atom is 0.416 e. The molecule has 14 heteroatoms. The van der Waals surface area contributed by atoms with Crippen molar-refractivity contribution in [3.8, 4) is 0 Å². The van der Waals surface area contributed by atoms with Crippen molar-refractivity contribution in [2.45, 2.75) is 23.5 Å². The molecule has 0 aliphatic carbocycles. The van der Waals surface area contributed by atoms with Crippen molar-refractivity contribution in [1.82, 2.24) is 10.3 Å². The van der Waals surface area contributed by atoms with Crippen LogP contribution in [-0.4, -0.2) is 48.4 Å². The van der Waals surface area contributed by atoms with Crippen LogP contribution in [0.15, 0.2) is 41.4 Å². The summed E-state index contributed by atoms with van der Waals surface area (Å²) >= 11 is 0. The van der Waals surface area contributed by atoms with Gasteiger partial charge < -0.3 is 15.5 Å². The highest BCUT2D eigenvalue weighted by Gasteiger charge is 2.37. The minimum absolute atomic E-state index is 0.0103. The number of benzene rings is 1. The zero-order chi connectivity index (χ0) is 23.0. The molecule has 1 aromatic heterocycles. The molecule has 0 bridgehead atoms. The number of sulfonamides is 1. The Labute approximate surface area is 173 Å². The van der Waals surface area contributed by atoms with E-state index in [-0.39, 0.29) is 23.5 Å². The maximum absolute atomic E-state index is 13.2. The van der Waals surface area contributed by atoms with Gasteiger partial charge in [-0.2, -0.15) is 13.2 Å². The largest absolute Gasteiger partial charge is 0.465 e. The van der Waals surface area contributed by atoms with Crippen LogP contribution in [0, 0.1) is 0 Å². The molecule has 0 fully saturated rings. The summed E-state index contributed by atoms with van der Waals surface area (Å²) in [5, 5.41) is 22.0. The van der Waals surface area contributed by atoms with E-state index in [0.717, 1.165) is 18.3 Å². The van der Waals surface area contributed by atoms with E-state index in [9.17, 15) is 31.2 Å². The zero-order valence-electron chi connectivity index (χ0n) is 15.4. The fourth-order valence-electron chi connectivity index (χ4n) is 3.10. The smallest absolute Gasteiger partial charge is 0.416 e. The van der Waals surface area contributed by atoms with Gasteiger partial charge >= 0.3 is 18.4 Å². The van der Waals surface area contributed by atoms with Crippen molar-refractivity contribution in [2.75, 3.05) is 16.2 Å². The van der Waals surface area contributed by atoms with Gasteiger partial charge in [0.15, 0.2) is 0 Å². The maximum atomic E-state index is 13.2. The summed E-state index contributed by atoms with van der Waals surface area (Å²) in [5.74, 6) is 0. The van der Waals surface area contributed by atoms with E-state index in [1.807, 2.05) is 5.32 Å². The normalized spacial score (nSPS) is 16.4. The van der Waals surface area contributed by atoms with Crippen LogP contribution in [0.1, 0.15) is 11.3 Å². The lowest BCUT2D eigenvalue weighted by Gasteiger charge is -2.34. The molecule has 2 amide bonds. The van der Waals surface area contributed by atoms with Crippen molar-refractivity contribution < 1.29 is 41.4 Å². The second-order valence-electron chi connectivity index (χ2n) is 6.53. The van der Waals surface area contributed by atoms with E-state index in [2.05, 4.69) is 10.3 Å². The van der Waals surface area contributed by atoms with Gasteiger partial charge in [0.25, 0.3) is 10.0 Å². The molecule has 1 unspecified atom stereocenters. The van der Waals surface area contributed by atoms with Gasteiger partial charge in [0.05, 0.1) is 46.3 Å². The molecule has 3 rings (SSSR count). The zero-order valence-corrected chi connectivity index (χ0v) is 16.2. The molecule has 4 N–H and O–H groups in total. The summed E-state index contributed by atoms with van der Waals surface area (Å²) in [4.78, 5) is 25.3. The molecule has 0 saturated carbocycles. The summed E-state index contributed by atoms with van der Waals surface area (Å²) < 4.78 is 66.3. The number of pyridine rings is 1. The van der Waals surface area contributed by atoms with E-state index in [1.54, 1.807) is 0 Å². The summed E-state index contributed by atoms with van der Waals surface area (Å²) in [6, 6.07) is 3.33. The van der Waals surface area contributed by atoms with Crippen molar-refractivity contribution in [2.24, 2.45) is 0 Å². The van der Waals surface area contributed by atoms with Crippen LogP contribution in [0.2, 0.25) is 0 Å². The summed E-state index contributed by atoms with van der Waals surface area (Å²) in [6.45, 7) is -0.434. The minimum Gasteiger partial charge on any atom is -0.465 e. The Hall–Kier alpha value is -3.55. The second kappa shape index (κ2) is 7.94. The highest BCUT2D eigenvalue weighted by molar-refractivity contribution is 7.92. The Morgan fingerprint density at radius 2 is 1.87 bits per heavy atom. The predicted octanol–water partition coefficient (Wildman–Crippen LogP) is 2.58. The number of nitrogens with one attached hydrogen (secondary N) is 2. The highest BCUT2D eigenvalue weighted by atomic mass is 32.2. The Morgan fingerprint density at radius 3 is 2.48 bits per heavy atom. The van der Waals surface area contributed by atoms with Crippen LogP contribution in [0.4, 0.5) is 34.1 Å². The SMILES string of the molecule is O=C(O)Nc1cnc2c(c1)N(S(=O)(=O)c1cccc(C(F)(F)F)c1)CC(NC(=O)O)C2. The number of halogens is 3. The van der Waals surface area contributed by atoms with Crippen molar-refractivity contribution in [3.63, 3.8) is 0 Å². The third kappa shape index (κ3) is 4.79. The number of rotatable bonds is 4. The molecule has 1 atom stereocenters. The van der Waals surface area contributed by atoms with E-state index < -0.39 is 51.4 Å². The Kier molecular flexibility index (Phi) is 5.67. The lowest BCUT2D eigenvalue weighted by atomic mass is 10.0. The molecule has 166 valence electrons. The molecule has 0 saturated heterocycles. The number of carbonyl (C=O) groups is 2. The van der Waals surface area contributed by atoms with E-state index >= 15 is 0 Å². The quantitative estimate of drug-likeness (QED) is 0.548. The molecule has 31 heavy (non-hydrogen) atoms. The average molecular weight is 460 g/mol. The van der Waals surface area contributed by atoms with Gasteiger partial charge in [0.1, 0.15) is 0 Å². The van der Waals surface area contributed by atoms with Crippen LogP contribution in [0.25, 0.3) is 0 Å². The number of amides is 2. The molecule has 1 aliphatic heterocycles. The molecule has 0 spiro atoms. The lowest BCUT2D eigenvalue weighted by molar-refractivity contribution is -0.137. The van der Waals surface area contributed by atoms with Crippen LogP contribution < -0.4 is 14.9 Å². The van der Waals surface area contributed by atoms with Gasteiger partial charge in [-0.15, -0.1) is 0 Å². The van der Waals surface area contributed by atoms with Gasteiger partial charge in [-0.05, 0) is 24.3 Å². The first kappa shape index (κ1) is 22.1. The van der Waals surface area contributed by atoms with Crippen LogP contribution in [-0.2, 0) is 22.6 Å². The molecule has 1 aromatic carbocycles. The Balaban J connectivity index is 2.11. The standard InChI is InChI=1S/C17H15F3N4O6S/c18-17(19,20)9-2-1-3-12(4-9)31(29,30)24-8-11(23-16(27)28)5-13-14(24)6-10(7-21-13)22-15(25)26/h1-4,6-7,11,22-23H,5,8H2,(H,25,26)(H,27,28). The first-order chi connectivity index (χ1) is 14.4. The number of nitrogens with zero attached hydrogens (tertiary/aromatic N) is 2. The fourth-order valence-corrected chi connectivity index (χ4v) is 4.68. The number of carboxylic acid groups (broad SMARTS) is 2. The third-order valence-electron chi connectivity index (χ3n) is 4.37. The topological polar surface area (TPSA) is 149 Å². The summed E-state index contributed by atoms with van der Waals surface area (Å²) in [5.41, 5.74) is -1.20. The summed E-state index contributed by atoms with van der Waals surface area (Å²) in [7, 11) is -4.59. The van der Waals surface area contributed by atoms with Gasteiger partial charge in [-0.25, -0.2) is 18.0 Å². The molecular weight excluding hydrogens is 445 g/mol. The van der Waals surface area contributed by atoms with E-state index in [1.165, 1.54) is 6.07 Å². The number of hydrogen-bond acceptors (Lipinski definition) is 5. The Bertz CT molecular complexity index is 1140. The van der Waals surface area contributed by atoms with E-state index in [0.29, 0.717) is 16.4 Å². The third-order valence-corrected chi connectivity index (χ3v) is 6.15.